The van der Waals surface area contributed by atoms with Crippen LogP contribution in [0.3, 0.4) is 0 Å². The summed E-state index contributed by atoms with van der Waals surface area (Å²) in [4.78, 5) is 16.8. The summed E-state index contributed by atoms with van der Waals surface area (Å²) in [5, 5.41) is 6.74. The molecule has 1 amide bonds. The molecule has 6 heteroatoms. The molecule has 3 saturated heterocycles. The number of ether oxygens (including phenoxy) is 1. The van der Waals surface area contributed by atoms with E-state index in [1.807, 2.05) is 4.90 Å². The summed E-state index contributed by atoms with van der Waals surface area (Å²) >= 11 is 0. The molecule has 2 N–H and O–H groups in total. The highest BCUT2D eigenvalue weighted by Crippen LogP contribution is 2.15. The lowest BCUT2D eigenvalue weighted by atomic mass is 10.0. The molecule has 3 fully saturated rings. The van der Waals surface area contributed by atoms with Gasteiger partial charge in [0.05, 0.1) is 0 Å². The van der Waals surface area contributed by atoms with Crippen molar-refractivity contribution >= 4 is 5.91 Å². The first kappa shape index (κ1) is 16.2. The van der Waals surface area contributed by atoms with Gasteiger partial charge >= 0.3 is 0 Å². The smallest absolute Gasteiger partial charge is 0.248 e. The second-order valence-corrected chi connectivity index (χ2v) is 6.65. The van der Waals surface area contributed by atoms with Gasteiger partial charge in [-0.05, 0) is 51.7 Å². The van der Waals surface area contributed by atoms with Crippen molar-refractivity contribution in [3.63, 3.8) is 0 Å². The molecule has 6 nitrogen and oxygen atoms in total. The van der Waals surface area contributed by atoms with Crippen molar-refractivity contribution in [2.24, 2.45) is 0 Å². The van der Waals surface area contributed by atoms with Crippen molar-refractivity contribution in [1.82, 2.24) is 20.4 Å². The lowest BCUT2D eigenvalue weighted by Crippen LogP contribution is -2.54. The second-order valence-electron chi connectivity index (χ2n) is 6.65. The standard InChI is InChI=1S/C16H30N4O2/c21-16(13-22-15-3-1-2-6-18-15)20-11-9-19(10-12-20)14-4-7-17-8-5-14/h14-15,17-18H,1-13H2. The quantitative estimate of drug-likeness (QED) is 0.765. The molecule has 3 heterocycles. The molecule has 0 aromatic carbocycles. The maximum atomic E-state index is 12.3. The van der Waals surface area contributed by atoms with Gasteiger partial charge in [0.25, 0.3) is 0 Å². The third-order valence-corrected chi connectivity index (χ3v) is 5.17. The minimum absolute atomic E-state index is 0.0775. The zero-order valence-corrected chi connectivity index (χ0v) is 13.6. The summed E-state index contributed by atoms with van der Waals surface area (Å²) in [6, 6.07) is 0.709. The van der Waals surface area contributed by atoms with E-state index < -0.39 is 0 Å². The van der Waals surface area contributed by atoms with E-state index in [1.165, 1.54) is 25.7 Å². The molecule has 0 aromatic rings. The number of nitrogens with one attached hydrogen (secondary N) is 2. The molecule has 0 aliphatic carbocycles. The number of hydrogen-bond acceptors (Lipinski definition) is 5. The van der Waals surface area contributed by atoms with Crippen LogP contribution in [-0.2, 0) is 9.53 Å². The summed E-state index contributed by atoms with van der Waals surface area (Å²) in [6.07, 6.45) is 5.99. The highest BCUT2D eigenvalue weighted by molar-refractivity contribution is 5.77. The van der Waals surface area contributed by atoms with Crippen LogP contribution in [0.4, 0.5) is 0 Å². The Balaban J connectivity index is 1.36. The summed E-state index contributed by atoms with van der Waals surface area (Å²) in [5.74, 6) is 0.150. The number of rotatable bonds is 4. The molecule has 3 aliphatic heterocycles. The van der Waals surface area contributed by atoms with E-state index in [1.54, 1.807) is 0 Å². The van der Waals surface area contributed by atoms with Crippen LogP contribution in [0.5, 0.6) is 0 Å². The predicted octanol–water partition coefficient (Wildman–Crippen LogP) is -0.00120. The van der Waals surface area contributed by atoms with E-state index in [-0.39, 0.29) is 18.7 Å². The number of piperidine rings is 2. The van der Waals surface area contributed by atoms with Gasteiger partial charge in [0.1, 0.15) is 12.8 Å². The average Bonchev–Trinajstić information content (AvgIpc) is 2.61. The molecule has 1 unspecified atom stereocenters. The Labute approximate surface area is 133 Å². The van der Waals surface area contributed by atoms with E-state index >= 15 is 0 Å². The highest BCUT2D eigenvalue weighted by Gasteiger charge is 2.27. The number of carbonyl (C=O) groups is 1. The number of piperazine rings is 1. The number of amides is 1. The van der Waals surface area contributed by atoms with Crippen LogP contribution in [0.25, 0.3) is 0 Å². The molecule has 0 aromatic heterocycles. The van der Waals surface area contributed by atoms with Crippen molar-refractivity contribution < 1.29 is 9.53 Å². The molecular formula is C16H30N4O2. The Kier molecular flexibility index (Phi) is 6.06. The first-order valence-electron chi connectivity index (χ1n) is 8.90. The van der Waals surface area contributed by atoms with Crippen LogP contribution in [0.15, 0.2) is 0 Å². The van der Waals surface area contributed by atoms with Crippen molar-refractivity contribution in [2.45, 2.75) is 44.4 Å². The topological polar surface area (TPSA) is 56.8 Å². The highest BCUT2D eigenvalue weighted by atomic mass is 16.5. The third kappa shape index (κ3) is 4.41. The summed E-state index contributed by atoms with van der Waals surface area (Å²) in [5.41, 5.74) is 0. The summed E-state index contributed by atoms with van der Waals surface area (Å²) < 4.78 is 5.72. The minimum atomic E-state index is 0.0775. The molecule has 3 aliphatic rings. The molecular weight excluding hydrogens is 280 g/mol. The van der Waals surface area contributed by atoms with Crippen LogP contribution in [0, 0.1) is 0 Å². The van der Waals surface area contributed by atoms with Gasteiger partial charge in [-0.3, -0.25) is 15.0 Å². The van der Waals surface area contributed by atoms with E-state index in [0.717, 1.165) is 52.2 Å². The molecule has 126 valence electrons. The summed E-state index contributed by atoms with van der Waals surface area (Å²) in [6.45, 7) is 7.22. The fourth-order valence-corrected chi connectivity index (χ4v) is 3.73. The Bertz CT molecular complexity index is 346. The van der Waals surface area contributed by atoms with Crippen molar-refractivity contribution in [3.8, 4) is 0 Å². The molecule has 1 atom stereocenters. The van der Waals surface area contributed by atoms with Gasteiger partial charge in [-0.25, -0.2) is 0 Å². The van der Waals surface area contributed by atoms with Gasteiger partial charge in [-0.2, -0.15) is 0 Å². The fourth-order valence-electron chi connectivity index (χ4n) is 3.73. The Hall–Kier alpha value is -0.690. The second kappa shape index (κ2) is 8.24. The molecule has 22 heavy (non-hydrogen) atoms. The molecule has 0 bridgehead atoms. The van der Waals surface area contributed by atoms with Gasteiger partial charge in [-0.1, -0.05) is 0 Å². The van der Waals surface area contributed by atoms with E-state index in [0.29, 0.717) is 6.04 Å². The van der Waals surface area contributed by atoms with Gasteiger partial charge in [0.2, 0.25) is 5.91 Å². The lowest BCUT2D eigenvalue weighted by Gasteiger charge is -2.41. The molecule has 0 saturated carbocycles. The first-order valence-corrected chi connectivity index (χ1v) is 8.90. The number of nitrogens with zero attached hydrogens (tertiary/aromatic N) is 2. The van der Waals surface area contributed by atoms with Gasteiger partial charge < -0.3 is 15.0 Å². The fraction of sp³-hybridized carbons (Fsp3) is 0.938. The van der Waals surface area contributed by atoms with Crippen LogP contribution in [0.1, 0.15) is 32.1 Å². The van der Waals surface area contributed by atoms with E-state index in [2.05, 4.69) is 15.5 Å². The largest absolute Gasteiger partial charge is 0.354 e. The maximum absolute atomic E-state index is 12.3. The monoisotopic (exact) mass is 310 g/mol. The summed E-state index contributed by atoms with van der Waals surface area (Å²) in [7, 11) is 0. The van der Waals surface area contributed by atoms with Crippen molar-refractivity contribution in [1.29, 1.82) is 0 Å². The van der Waals surface area contributed by atoms with Gasteiger partial charge in [0.15, 0.2) is 0 Å². The van der Waals surface area contributed by atoms with Gasteiger partial charge in [-0.15, -0.1) is 0 Å². The first-order chi connectivity index (χ1) is 10.8. The Morgan fingerprint density at radius 1 is 1.00 bits per heavy atom. The molecule has 0 spiro atoms. The van der Waals surface area contributed by atoms with Crippen molar-refractivity contribution in [3.05, 3.63) is 0 Å². The average molecular weight is 310 g/mol. The third-order valence-electron chi connectivity index (χ3n) is 5.17. The Morgan fingerprint density at radius 2 is 1.77 bits per heavy atom. The normalized spacial score (nSPS) is 28.7. The Morgan fingerprint density at radius 3 is 2.45 bits per heavy atom. The van der Waals surface area contributed by atoms with Crippen molar-refractivity contribution in [2.75, 3.05) is 52.4 Å². The molecule has 3 rings (SSSR count). The predicted molar refractivity (Wildman–Crippen MR) is 85.6 cm³/mol. The van der Waals surface area contributed by atoms with Crippen LogP contribution < -0.4 is 10.6 Å². The van der Waals surface area contributed by atoms with E-state index in [4.69, 9.17) is 4.74 Å². The zero-order valence-electron chi connectivity index (χ0n) is 13.6. The number of hydrogen-bond donors (Lipinski definition) is 2. The zero-order chi connectivity index (χ0) is 15.2. The minimum Gasteiger partial charge on any atom is -0.354 e. The van der Waals surface area contributed by atoms with Crippen LogP contribution in [-0.4, -0.2) is 80.4 Å². The van der Waals surface area contributed by atoms with E-state index in [9.17, 15) is 4.79 Å². The maximum Gasteiger partial charge on any atom is 0.248 e. The number of carbonyl (C=O) groups excluding carboxylic acids is 1. The SMILES string of the molecule is O=C(COC1CCCCN1)N1CCN(C2CCNCC2)CC1. The van der Waals surface area contributed by atoms with Crippen LogP contribution >= 0.6 is 0 Å². The van der Waals surface area contributed by atoms with Crippen LogP contribution in [0.2, 0.25) is 0 Å². The molecule has 0 radical (unpaired) electrons. The van der Waals surface area contributed by atoms with Gasteiger partial charge in [0, 0.05) is 32.2 Å². The lowest BCUT2D eigenvalue weighted by molar-refractivity contribution is -0.141.